The van der Waals surface area contributed by atoms with Gasteiger partial charge in [-0.05, 0) is 19.1 Å². The molecule has 0 bridgehead atoms. The van der Waals surface area contributed by atoms with Crippen LogP contribution in [-0.2, 0) is 11.3 Å². The standard InChI is InChI=1S/C13H17N3O3/c1-2-16(5-6-17)10-11(8-14)13(18)15-9-12-4-3-7-19-12/h3-4,7,10,17H,2,5-6,9H2,1H3,(H,15,18)/b11-10-. The molecule has 0 radical (unpaired) electrons. The lowest BCUT2D eigenvalue weighted by atomic mass is 10.3. The van der Waals surface area contributed by atoms with Crippen molar-refractivity contribution in [2.24, 2.45) is 0 Å². The third-order valence-corrected chi connectivity index (χ3v) is 2.47. The lowest BCUT2D eigenvalue weighted by Gasteiger charge is -2.16. The van der Waals surface area contributed by atoms with Gasteiger partial charge in [-0.3, -0.25) is 4.79 Å². The van der Waals surface area contributed by atoms with Crippen molar-refractivity contribution >= 4 is 5.91 Å². The quantitative estimate of drug-likeness (QED) is 0.556. The van der Waals surface area contributed by atoms with E-state index in [4.69, 9.17) is 14.8 Å². The van der Waals surface area contributed by atoms with Crippen molar-refractivity contribution in [3.05, 3.63) is 35.9 Å². The molecule has 0 spiro atoms. The van der Waals surface area contributed by atoms with Crippen LogP contribution < -0.4 is 5.32 Å². The number of furan rings is 1. The van der Waals surface area contributed by atoms with Crippen molar-refractivity contribution in [3.8, 4) is 6.07 Å². The van der Waals surface area contributed by atoms with Crippen LogP contribution in [0.25, 0.3) is 0 Å². The van der Waals surface area contributed by atoms with Crippen LogP contribution in [0.2, 0.25) is 0 Å². The molecule has 0 aromatic carbocycles. The maximum atomic E-state index is 11.8. The zero-order valence-corrected chi connectivity index (χ0v) is 10.8. The van der Waals surface area contributed by atoms with Gasteiger partial charge < -0.3 is 19.7 Å². The number of carbonyl (C=O) groups is 1. The molecular weight excluding hydrogens is 246 g/mol. The first kappa shape index (κ1) is 14.8. The second-order valence-corrected chi connectivity index (χ2v) is 3.77. The highest BCUT2D eigenvalue weighted by Gasteiger charge is 2.10. The Kier molecular flexibility index (Phi) is 6.19. The average molecular weight is 263 g/mol. The number of aliphatic hydroxyl groups is 1. The first-order chi connectivity index (χ1) is 9.21. The Bertz CT molecular complexity index is 460. The Hall–Kier alpha value is -2.26. The predicted octanol–water partition coefficient (Wildman–Crippen LogP) is 0.617. The minimum atomic E-state index is -0.463. The molecule has 0 atom stereocenters. The Balaban J connectivity index is 2.60. The number of rotatable bonds is 7. The molecule has 1 amide bonds. The summed E-state index contributed by atoms with van der Waals surface area (Å²) >= 11 is 0. The molecule has 0 fully saturated rings. The molecule has 2 N–H and O–H groups in total. The Labute approximate surface area is 111 Å². The second-order valence-electron chi connectivity index (χ2n) is 3.77. The van der Waals surface area contributed by atoms with E-state index in [0.717, 1.165) is 0 Å². The van der Waals surface area contributed by atoms with E-state index < -0.39 is 5.91 Å². The molecule has 1 heterocycles. The zero-order valence-electron chi connectivity index (χ0n) is 10.8. The highest BCUT2D eigenvalue weighted by Crippen LogP contribution is 2.01. The highest BCUT2D eigenvalue weighted by molar-refractivity contribution is 5.97. The summed E-state index contributed by atoms with van der Waals surface area (Å²) in [5, 5.41) is 20.4. The lowest BCUT2D eigenvalue weighted by molar-refractivity contribution is -0.117. The van der Waals surface area contributed by atoms with Crippen molar-refractivity contribution in [2.45, 2.75) is 13.5 Å². The van der Waals surface area contributed by atoms with Crippen LogP contribution in [0.5, 0.6) is 0 Å². The van der Waals surface area contributed by atoms with Crippen LogP contribution in [0, 0.1) is 11.3 Å². The van der Waals surface area contributed by atoms with Gasteiger partial charge in [0.15, 0.2) is 0 Å². The SMILES string of the molecule is CCN(/C=C(/C#N)C(=O)NCc1ccco1)CCO. The van der Waals surface area contributed by atoms with Crippen molar-refractivity contribution in [1.29, 1.82) is 5.26 Å². The van der Waals surface area contributed by atoms with E-state index in [-0.39, 0.29) is 18.7 Å². The lowest BCUT2D eigenvalue weighted by Crippen LogP contribution is -2.27. The van der Waals surface area contributed by atoms with Crippen LogP contribution >= 0.6 is 0 Å². The maximum absolute atomic E-state index is 11.8. The van der Waals surface area contributed by atoms with Gasteiger partial charge in [0.05, 0.1) is 19.4 Å². The second kappa shape index (κ2) is 7.95. The molecule has 0 saturated carbocycles. The minimum absolute atomic E-state index is 0.00172. The van der Waals surface area contributed by atoms with E-state index in [2.05, 4.69) is 5.32 Å². The summed E-state index contributed by atoms with van der Waals surface area (Å²) in [7, 11) is 0. The molecule has 0 aliphatic carbocycles. The van der Waals surface area contributed by atoms with Crippen molar-refractivity contribution in [1.82, 2.24) is 10.2 Å². The number of likely N-dealkylation sites (N-methyl/N-ethyl adjacent to an activating group) is 1. The number of nitrogens with zero attached hydrogens (tertiary/aromatic N) is 2. The van der Waals surface area contributed by atoms with E-state index >= 15 is 0 Å². The monoisotopic (exact) mass is 263 g/mol. The Morgan fingerprint density at radius 2 is 2.47 bits per heavy atom. The first-order valence-electron chi connectivity index (χ1n) is 5.98. The fraction of sp³-hybridized carbons (Fsp3) is 0.385. The van der Waals surface area contributed by atoms with Crippen LogP contribution in [0.3, 0.4) is 0 Å². The largest absolute Gasteiger partial charge is 0.467 e. The fourth-order valence-corrected chi connectivity index (χ4v) is 1.44. The molecule has 1 aromatic heterocycles. The van der Waals surface area contributed by atoms with Gasteiger partial charge in [-0.2, -0.15) is 5.26 Å². The molecule has 0 saturated heterocycles. The van der Waals surface area contributed by atoms with E-state index in [1.54, 1.807) is 17.0 Å². The minimum Gasteiger partial charge on any atom is -0.467 e. The van der Waals surface area contributed by atoms with Gasteiger partial charge >= 0.3 is 0 Å². The number of amides is 1. The molecule has 0 aliphatic heterocycles. The van der Waals surface area contributed by atoms with Crippen molar-refractivity contribution < 1.29 is 14.3 Å². The van der Waals surface area contributed by atoms with E-state index in [1.165, 1.54) is 12.5 Å². The number of hydrogen-bond donors (Lipinski definition) is 2. The number of nitrogens with one attached hydrogen (secondary N) is 1. The van der Waals surface area contributed by atoms with E-state index in [9.17, 15) is 4.79 Å². The van der Waals surface area contributed by atoms with Crippen LogP contribution in [0.15, 0.2) is 34.6 Å². The third kappa shape index (κ3) is 4.85. The van der Waals surface area contributed by atoms with Crippen molar-refractivity contribution in [3.63, 3.8) is 0 Å². The first-order valence-corrected chi connectivity index (χ1v) is 5.98. The zero-order chi connectivity index (χ0) is 14.1. The summed E-state index contributed by atoms with van der Waals surface area (Å²) in [5.74, 6) is 0.156. The normalized spacial score (nSPS) is 10.9. The van der Waals surface area contributed by atoms with Gasteiger partial charge in [0.1, 0.15) is 17.4 Å². The summed E-state index contributed by atoms with van der Waals surface area (Å²) in [6, 6.07) is 5.31. The van der Waals surface area contributed by atoms with Crippen LogP contribution in [-0.4, -0.2) is 35.6 Å². The topological polar surface area (TPSA) is 89.5 Å². The number of aliphatic hydroxyl groups excluding tert-OH is 1. The number of nitriles is 1. The Morgan fingerprint density at radius 1 is 1.68 bits per heavy atom. The van der Waals surface area contributed by atoms with Gasteiger partial charge in [0, 0.05) is 19.3 Å². The van der Waals surface area contributed by atoms with Gasteiger partial charge in [0.2, 0.25) is 0 Å². The molecule has 0 unspecified atom stereocenters. The van der Waals surface area contributed by atoms with Gasteiger partial charge in [-0.15, -0.1) is 0 Å². The summed E-state index contributed by atoms with van der Waals surface area (Å²) in [6.07, 6.45) is 2.97. The fourth-order valence-electron chi connectivity index (χ4n) is 1.44. The molecule has 0 aliphatic rings. The molecule has 1 aromatic rings. The molecule has 102 valence electrons. The Morgan fingerprint density at radius 3 is 3.00 bits per heavy atom. The predicted molar refractivity (Wildman–Crippen MR) is 68.6 cm³/mol. The van der Waals surface area contributed by atoms with Crippen molar-refractivity contribution in [2.75, 3.05) is 19.7 Å². The van der Waals surface area contributed by atoms with E-state index in [0.29, 0.717) is 18.8 Å². The number of hydrogen-bond acceptors (Lipinski definition) is 5. The van der Waals surface area contributed by atoms with Gasteiger partial charge in [0.25, 0.3) is 5.91 Å². The van der Waals surface area contributed by atoms with Gasteiger partial charge in [-0.25, -0.2) is 0 Å². The summed E-state index contributed by atoms with van der Waals surface area (Å²) in [5.41, 5.74) is 0.00172. The van der Waals surface area contributed by atoms with Gasteiger partial charge in [-0.1, -0.05) is 0 Å². The van der Waals surface area contributed by atoms with Crippen LogP contribution in [0.4, 0.5) is 0 Å². The summed E-state index contributed by atoms with van der Waals surface area (Å²) < 4.78 is 5.08. The molecule has 6 heteroatoms. The molecular formula is C13H17N3O3. The van der Waals surface area contributed by atoms with E-state index in [1.807, 2.05) is 13.0 Å². The highest BCUT2D eigenvalue weighted by atomic mass is 16.3. The van der Waals surface area contributed by atoms with Crippen LogP contribution in [0.1, 0.15) is 12.7 Å². The molecule has 1 rings (SSSR count). The molecule has 19 heavy (non-hydrogen) atoms. The summed E-state index contributed by atoms with van der Waals surface area (Å²) in [4.78, 5) is 13.5. The third-order valence-electron chi connectivity index (χ3n) is 2.47. The molecule has 6 nitrogen and oxygen atoms in total. The average Bonchev–Trinajstić information content (AvgIpc) is 2.94. The smallest absolute Gasteiger partial charge is 0.263 e. The maximum Gasteiger partial charge on any atom is 0.263 e. The number of carbonyl (C=O) groups excluding carboxylic acids is 1. The summed E-state index contributed by atoms with van der Waals surface area (Å²) in [6.45, 7) is 3.07.